The van der Waals surface area contributed by atoms with Gasteiger partial charge in [0.2, 0.25) is 0 Å². The zero-order chi connectivity index (χ0) is 13.8. The van der Waals surface area contributed by atoms with Crippen LogP contribution in [-0.4, -0.2) is 49.2 Å². The van der Waals surface area contributed by atoms with Gasteiger partial charge in [0.15, 0.2) is 0 Å². The van der Waals surface area contributed by atoms with Crippen molar-refractivity contribution in [2.75, 3.05) is 20.8 Å². The fraction of sp³-hybridized carbons (Fsp3) is 0.846. The number of amides is 1. The van der Waals surface area contributed by atoms with Gasteiger partial charge in [-0.1, -0.05) is 12.8 Å². The monoisotopic (exact) mass is 257 g/mol. The topological polar surface area (TPSA) is 55.8 Å². The maximum Gasteiger partial charge on any atom is 0.325 e. The van der Waals surface area contributed by atoms with E-state index in [1.165, 1.54) is 14.2 Å². The Morgan fingerprint density at radius 1 is 1.22 bits per heavy atom. The van der Waals surface area contributed by atoms with Gasteiger partial charge >= 0.3 is 5.97 Å². The summed E-state index contributed by atoms with van der Waals surface area (Å²) in [5, 5.41) is 0. The predicted molar refractivity (Wildman–Crippen MR) is 67.1 cm³/mol. The van der Waals surface area contributed by atoms with Crippen LogP contribution in [0.15, 0.2) is 0 Å². The maximum absolute atomic E-state index is 12.4. The van der Waals surface area contributed by atoms with Gasteiger partial charge in [0.1, 0.15) is 12.1 Å². The number of carbonyl (C=O) groups excluding carboxylic acids is 2. The van der Waals surface area contributed by atoms with E-state index in [2.05, 4.69) is 4.74 Å². The molecule has 18 heavy (non-hydrogen) atoms. The van der Waals surface area contributed by atoms with Crippen molar-refractivity contribution in [1.29, 1.82) is 0 Å². The number of hydrogen-bond acceptors (Lipinski definition) is 4. The average molecular weight is 257 g/mol. The van der Waals surface area contributed by atoms with E-state index in [9.17, 15) is 9.59 Å². The first kappa shape index (κ1) is 15.0. The van der Waals surface area contributed by atoms with Crippen molar-refractivity contribution in [3.05, 3.63) is 0 Å². The molecule has 1 fully saturated rings. The second-order valence-corrected chi connectivity index (χ2v) is 5.16. The molecule has 0 aliphatic heterocycles. The molecular formula is C13H23NO4. The molecule has 0 aromatic rings. The highest BCUT2D eigenvalue weighted by Crippen LogP contribution is 2.26. The largest absolute Gasteiger partial charge is 0.468 e. The van der Waals surface area contributed by atoms with Gasteiger partial charge in [-0.05, 0) is 26.7 Å². The van der Waals surface area contributed by atoms with Crippen LogP contribution in [0, 0.1) is 0 Å². The minimum absolute atomic E-state index is 0.00674. The Kier molecular flexibility index (Phi) is 5.14. The van der Waals surface area contributed by atoms with Crippen LogP contribution < -0.4 is 0 Å². The quantitative estimate of drug-likeness (QED) is 0.698. The van der Waals surface area contributed by atoms with E-state index >= 15 is 0 Å². The van der Waals surface area contributed by atoms with Crippen molar-refractivity contribution in [1.82, 2.24) is 4.90 Å². The molecule has 0 atom stereocenters. The molecule has 104 valence electrons. The van der Waals surface area contributed by atoms with E-state index in [-0.39, 0.29) is 24.5 Å². The molecule has 0 N–H and O–H groups in total. The number of nitrogens with zero attached hydrogens (tertiary/aromatic N) is 1. The highest BCUT2D eigenvalue weighted by Gasteiger charge is 2.37. The van der Waals surface area contributed by atoms with Crippen molar-refractivity contribution < 1.29 is 19.1 Å². The minimum Gasteiger partial charge on any atom is -0.468 e. The van der Waals surface area contributed by atoms with Crippen LogP contribution in [0.4, 0.5) is 0 Å². The number of ether oxygens (including phenoxy) is 2. The Labute approximate surface area is 108 Å². The van der Waals surface area contributed by atoms with Gasteiger partial charge in [0, 0.05) is 13.2 Å². The van der Waals surface area contributed by atoms with Gasteiger partial charge in [0.25, 0.3) is 5.91 Å². The van der Waals surface area contributed by atoms with E-state index in [0.29, 0.717) is 0 Å². The van der Waals surface area contributed by atoms with Gasteiger partial charge in [-0.15, -0.1) is 0 Å². The summed E-state index contributed by atoms with van der Waals surface area (Å²) in [4.78, 5) is 25.5. The maximum atomic E-state index is 12.4. The van der Waals surface area contributed by atoms with Crippen molar-refractivity contribution in [3.8, 4) is 0 Å². The first-order valence-corrected chi connectivity index (χ1v) is 6.35. The predicted octanol–water partition coefficient (Wildman–Crippen LogP) is 1.36. The summed E-state index contributed by atoms with van der Waals surface area (Å²) in [5.74, 6) is -0.538. The van der Waals surface area contributed by atoms with Crippen LogP contribution in [0.5, 0.6) is 0 Å². The van der Waals surface area contributed by atoms with E-state index in [1.807, 2.05) is 0 Å². The molecule has 0 unspecified atom stereocenters. The molecule has 0 aromatic heterocycles. The van der Waals surface area contributed by atoms with E-state index in [0.717, 1.165) is 25.7 Å². The van der Waals surface area contributed by atoms with Gasteiger partial charge in [-0.2, -0.15) is 0 Å². The van der Waals surface area contributed by atoms with Crippen LogP contribution >= 0.6 is 0 Å². The summed E-state index contributed by atoms with van der Waals surface area (Å²) in [5.41, 5.74) is -0.906. The SMILES string of the molecule is COC(=O)CN(C(=O)C(C)(C)OC)C1CCCC1. The number of rotatable bonds is 5. The van der Waals surface area contributed by atoms with Crippen LogP contribution in [0.1, 0.15) is 39.5 Å². The smallest absolute Gasteiger partial charge is 0.325 e. The molecule has 0 heterocycles. The summed E-state index contributed by atoms with van der Waals surface area (Å²) in [6.45, 7) is 3.44. The molecule has 5 nitrogen and oxygen atoms in total. The normalized spacial score (nSPS) is 16.7. The fourth-order valence-electron chi connectivity index (χ4n) is 2.22. The molecule has 5 heteroatoms. The summed E-state index contributed by atoms with van der Waals surface area (Å²) in [6, 6.07) is 0.131. The Balaban J connectivity index is 2.82. The standard InChI is InChI=1S/C13H23NO4/c1-13(2,18-4)12(16)14(9-11(15)17-3)10-7-5-6-8-10/h10H,5-9H2,1-4H3. The average Bonchev–Trinajstić information content (AvgIpc) is 2.88. The molecule has 0 aromatic carbocycles. The lowest BCUT2D eigenvalue weighted by Crippen LogP contribution is -2.52. The number of esters is 1. The molecule has 1 rings (SSSR count). The highest BCUT2D eigenvalue weighted by molar-refractivity contribution is 5.88. The first-order chi connectivity index (χ1) is 8.42. The Morgan fingerprint density at radius 2 is 1.78 bits per heavy atom. The van der Waals surface area contributed by atoms with E-state index in [1.54, 1.807) is 18.7 Å². The molecule has 0 bridgehead atoms. The molecule has 1 amide bonds. The van der Waals surface area contributed by atoms with Crippen LogP contribution in [0.2, 0.25) is 0 Å². The number of methoxy groups -OCH3 is 2. The zero-order valence-electron chi connectivity index (χ0n) is 11.7. The summed E-state index contributed by atoms with van der Waals surface area (Å²) >= 11 is 0. The first-order valence-electron chi connectivity index (χ1n) is 6.35. The van der Waals surface area contributed by atoms with Crippen molar-refractivity contribution in [2.24, 2.45) is 0 Å². The lowest BCUT2D eigenvalue weighted by molar-refractivity contribution is -0.159. The van der Waals surface area contributed by atoms with Crippen LogP contribution in [-0.2, 0) is 19.1 Å². The number of carbonyl (C=O) groups is 2. The van der Waals surface area contributed by atoms with E-state index < -0.39 is 5.60 Å². The summed E-state index contributed by atoms with van der Waals surface area (Å²) < 4.78 is 9.87. The molecule has 1 aliphatic rings. The lowest BCUT2D eigenvalue weighted by Gasteiger charge is -2.34. The van der Waals surface area contributed by atoms with Gasteiger partial charge in [-0.3, -0.25) is 9.59 Å². The second kappa shape index (κ2) is 6.18. The summed E-state index contributed by atoms with van der Waals surface area (Å²) in [6.07, 6.45) is 4.09. The number of hydrogen-bond donors (Lipinski definition) is 0. The molecular weight excluding hydrogens is 234 g/mol. The van der Waals surface area contributed by atoms with Crippen molar-refractivity contribution in [3.63, 3.8) is 0 Å². The zero-order valence-corrected chi connectivity index (χ0v) is 11.7. The van der Waals surface area contributed by atoms with Crippen LogP contribution in [0.25, 0.3) is 0 Å². The molecule has 1 saturated carbocycles. The second-order valence-electron chi connectivity index (χ2n) is 5.16. The molecule has 0 saturated heterocycles. The van der Waals surface area contributed by atoms with Gasteiger partial charge in [-0.25, -0.2) is 0 Å². The van der Waals surface area contributed by atoms with Crippen molar-refractivity contribution in [2.45, 2.75) is 51.2 Å². The van der Waals surface area contributed by atoms with Gasteiger partial charge < -0.3 is 14.4 Å². The van der Waals surface area contributed by atoms with Crippen molar-refractivity contribution >= 4 is 11.9 Å². The van der Waals surface area contributed by atoms with Gasteiger partial charge in [0.05, 0.1) is 7.11 Å². The molecule has 0 spiro atoms. The Bertz CT molecular complexity index is 308. The third kappa shape index (κ3) is 3.45. The van der Waals surface area contributed by atoms with E-state index in [4.69, 9.17) is 4.74 Å². The van der Waals surface area contributed by atoms with Crippen LogP contribution in [0.3, 0.4) is 0 Å². The fourth-order valence-corrected chi connectivity index (χ4v) is 2.22. The molecule has 1 aliphatic carbocycles. The lowest BCUT2D eigenvalue weighted by atomic mass is 10.1. The minimum atomic E-state index is -0.906. The third-order valence-corrected chi connectivity index (χ3v) is 3.58. The highest BCUT2D eigenvalue weighted by atomic mass is 16.5. The third-order valence-electron chi connectivity index (χ3n) is 3.58. The summed E-state index contributed by atoms with van der Waals surface area (Å²) in [7, 11) is 2.84. The molecule has 0 radical (unpaired) electrons. The Morgan fingerprint density at radius 3 is 2.22 bits per heavy atom. The Hall–Kier alpha value is -1.10.